The fourth-order valence-corrected chi connectivity index (χ4v) is 3.31. The lowest BCUT2D eigenvalue weighted by molar-refractivity contribution is -0.120. The monoisotopic (exact) mass is 384 g/mol. The highest BCUT2D eigenvalue weighted by Crippen LogP contribution is 2.24. The summed E-state index contributed by atoms with van der Waals surface area (Å²) in [5, 5.41) is 2.87. The molecule has 0 aliphatic rings. The third-order valence-electron chi connectivity index (χ3n) is 4.52. The van der Waals surface area contributed by atoms with E-state index in [1.807, 2.05) is 37.3 Å². The van der Waals surface area contributed by atoms with Crippen molar-refractivity contribution in [2.45, 2.75) is 32.2 Å². The molecule has 1 N–H and O–H groups in total. The number of benzene rings is 1. The number of pyridine rings is 1. The molecule has 0 aliphatic carbocycles. The number of rotatable bonds is 6. The molecule has 6 nitrogen and oxygen atoms in total. The highest BCUT2D eigenvalue weighted by Gasteiger charge is 2.20. The minimum absolute atomic E-state index is 0.132. The number of hydrogen-bond acceptors (Lipinski definition) is 4. The number of hydrogen-bond donors (Lipinski definition) is 1. The Bertz CT molecular complexity index is 1020. The van der Waals surface area contributed by atoms with Crippen LogP contribution in [0.3, 0.4) is 0 Å². The normalized spacial score (nSPS) is 12.1. The quantitative estimate of drug-likeness (QED) is 0.662. The number of nitrogens with one attached hydrogen (secondary N) is 1. The lowest BCUT2D eigenvalue weighted by Crippen LogP contribution is -2.31. The maximum absolute atomic E-state index is 13.3. The van der Waals surface area contributed by atoms with E-state index in [0.717, 1.165) is 5.56 Å². The molecule has 0 spiro atoms. The second-order valence-corrected chi connectivity index (χ2v) is 6.61. The Balaban J connectivity index is 2.21. The maximum Gasteiger partial charge on any atom is 0.274 e. The van der Waals surface area contributed by atoms with Crippen molar-refractivity contribution in [3.05, 3.63) is 69.2 Å². The molecule has 0 radical (unpaired) electrons. The van der Waals surface area contributed by atoms with Crippen LogP contribution in [-0.2, 0) is 11.2 Å². The number of nitrogens with zero attached hydrogens (tertiary/aromatic N) is 3. The lowest BCUT2D eigenvalue weighted by Gasteiger charge is -2.21. The first-order chi connectivity index (χ1) is 13.0. The summed E-state index contributed by atoms with van der Waals surface area (Å²) in [5.41, 5.74) is 2.15. The Morgan fingerprint density at radius 3 is 2.59 bits per heavy atom. The van der Waals surface area contributed by atoms with Crippen molar-refractivity contribution in [1.82, 2.24) is 19.9 Å². The summed E-state index contributed by atoms with van der Waals surface area (Å²) in [4.78, 5) is 33.7. The molecule has 0 saturated carbocycles. The van der Waals surface area contributed by atoms with Crippen LogP contribution in [0.1, 0.15) is 37.1 Å². The van der Waals surface area contributed by atoms with Crippen LogP contribution in [0, 0.1) is 0 Å². The van der Waals surface area contributed by atoms with Crippen LogP contribution in [0.15, 0.2) is 47.3 Å². The van der Waals surface area contributed by atoms with E-state index in [2.05, 4.69) is 15.3 Å². The van der Waals surface area contributed by atoms with Crippen LogP contribution in [0.4, 0.5) is 0 Å². The molecule has 0 saturated heterocycles. The van der Waals surface area contributed by atoms with Crippen LogP contribution in [0.2, 0.25) is 5.15 Å². The SMILES string of the molecule is CC[C@@H](c1ccccc1)n1c(=O)c(CCC(=O)NC)nc2ccc(Cl)nc21. The Morgan fingerprint density at radius 1 is 1.19 bits per heavy atom. The second-order valence-electron chi connectivity index (χ2n) is 6.22. The molecule has 2 aromatic heterocycles. The summed E-state index contributed by atoms with van der Waals surface area (Å²) in [5.74, 6) is -0.132. The number of halogens is 1. The second kappa shape index (κ2) is 8.31. The van der Waals surface area contributed by atoms with Crippen molar-refractivity contribution in [1.29, 1.82) is 0 Å². The van der Waals surface area contributed by atoms with E-state index in [0.29, 0.717) is 28.4 Å². The van der Waals surface area contributed by atoms with Crippen LogP contribution >= 0.6 is 11.6 Å². The van der Waals surface area contributed by atoms with Crippen LogP contribution < -0.4 is 10.9 Å². The van der Waals surface area contributed by atoms with E-state index >= 15 is 0 Å². The van der Waals surface area contributed by atoms with Crippen molar-refractivity contribution >= 4 is 28.7 Å². The van der Waals surface area contributed by atoms with Gasteiger partial charge in [0, 0.05) is 19.9 Å². The van der Waals surface area contributed by atoms with Gasteiger partial charge in [0.05, 0.1) is 6.04 Å². The van der Waals surface area contributed by atoms with Gasteiger partial charge in [-0.1, -0.05) is 48.9 Å². The Kier molecular flexibility index (Phi) is 5.86. The van der Waals surface area contributed by atoms with Gasteiger partial charge in [-0.2, -0.15) is 0 Å². The Morgan fingerprint density at radius 2 is 1.93 bits per heavy atom. The van der Waals surface area contributed by atoms with E-state index in [1.54, 1.807) is 23.7 Å². The third-order valence-corrected chi connectivity index (χ3v) is 4.73. The van der Waals surface area contributed by atoms with Crippen molar-refractivity contribution in [3.63, 3.8) is 0 Å². The van der Waals surface area contributed by atoms with Crippen molar-refractivity contribution in [2.75, 3.05) is 7.05 Å². The zero-order chi connectivity index (χ0) is 19.4. The number of carbonyl (C=O) groups excluding carboxylic acids is 1. The molecule has 3 rings (SSSR count). The van der Waals surface area contributed by atoms with Crippen LogP contribution in [0.25, 0.3) is 11.2 Å². The topological polar surface area (TPSA) is 76.9 Å². The molecule has 0 fully saturated rings. The molecule has 0 bridgehead atoms. The highest BCUT2D eigenvalue weighted by atomic mass is 35.5. The van der Waals surface area contributed by atoms with E-state index in [1.165, 1.54) is 0 Å². The summed E-state index contributed by atoms with van der Waals surface area (Å²) in [7, 11) is 1.57. The molecule has 0 aliphatic heterocycles. The van der Waals surface area contributed by atoms with Gasteiger partial charge < -0.3 is 5.32 Å². The molecule has 0 unspecified atom stereocenters. The maximum atomic E-state index is 13.3. The first-order valence-corrected chi connectivity index (χ1v) is 9.26. The molecule has 1 aromatic carbocycles. The molecular weight excluding hydrogens is 364 g/mol. The highest BCUT2D eigenvalue weighted by molar-refractivity contribution is 6.29. The minimum atomic E-state index is -0.239. The molecule has 2 heterocycles. The fraction of sp³-hybridized carbons (Fsp3) is 0.300. The predicted octanol–water partition coefficient (Wildman–Crippen LogP) is 3.12. The number of aryl methyl sites for hydroxylation is 1. The Labute approximate surface area is 162 Å². The first-order valence-electron chi connectivity index (χ1n) is 8.88. The Hall–Kier alpha value is -2.73. The van der Waals surface area contributed by atoms with Gasteiger partial charge >= 0.3 is 0 Å². The van der Waals surface area contributed by atoms with Gasteiger partial charge in [-0.25, -0.2) is 9.97 Å². The average molecular weight is 385 g/mol. The average Bonchev–Trinajstić information content (AvgIpc) is 2.69. The van der Waals surface area contributed by atoms with Crippen LogP contribution in [0.5, 0.6) is 0 Å². The van der Waals surface area contributed by atoms with E-state index in [4.69, 9.17) is 11.6 Å². The number of aromatic nitrogens is 3. The third kappa shape index (κ3) is 4.01. The molecule has 3 aromatic rings. The van der Waals surface area contributed by atoms with Gasteiger partial charge in [-0.05, 0) is 24.1 Å². The number of amides is 1. The van der Waals surface area contributed by atoms with E-state index in [-0.39, 0.29) is 30.3 Å². The fourth-order valence-electron chi connectivity index (χ4n) is 3.16. The van der Waals surface area contributed by atoms with Gasteiger partial charge in [-0.3, -0.25) is 14.2 Å². The summed E-state index contributed by atoms with van der Waals surface area (Å²) >= 11 is 6.09. The summed E-state index contributed by atoms with van der Waals surface area (Å²) < 4.78 is 1.66. The standard InChI is InChI=1S/C20H21ClN4O2/c1-3-16(13-7-5-4-6-8-13)25-19-14(9-11-17(21)24-19)23-15(20(25)27)10-12-18(26)22-2/h4-9,11,16H,3,10,12H2,1-2H3,(H,22,26)/t16-/m0/s1. The van der Waals surface area contributed by atoms with Gasteiger partial charge in [0.15, 0.2) is 5.65 Å². The number of fused-ring (bicyclic) bond motifs is 1. The van der Waals surface area contributed by atoms with E-state index < -0.39 is 0 Å². The largest absolute Gasteiger partial charge is 0.359 e. The molecule has 7 heteroatoms. The zero-order valence-corrected chi connectivity index (χ0v) is 16.0. The number of carbonyl (C=O) groups is 1. The minimum Gasteiger partial charge on any atom is -0.359 e. The van der Waals surface area contributed by atoms with Gasteiger partial charge in [-0.15, -0.1) is 0 Å². The van der Waals surface area contributed by atoms with Crippen molar-refractivity contribution in [2.24, 2.45) is 0 Å². The summed E-state index contributed by atoms with van der Waals surface area (Å²) in [6, 6.07) is 13.0. The lowest BCUT2D eigenvalue weighted by atomic mass is 10.0. The van der Waals surface area contributed by atoms with Gasteiger partial charge in [0.1, 0.15) is 16.4 Å². The summed E-state index contributed by atoms with van der Waals surface area (Å²) in [6.45, 7) is 2.02. The summed E-state index contributed by atoms with van der Waals surface area (Å²) in [6.07, 6.45) is 1.17. The molecule has 1 amide bonds. The molecule has 140 valence electrons. The molecule has 1 atom stereocenters. The molecule has 27 heavy (non-hydrogen) atoms. The van der Waals surface area contributed by atoms with E-state index in [9.17, 15) is 9.59 Å². The smallest absolute Gasteiger partial charge is 0.274 e. The van der Waals surface area contributed by atoms with Crippen molar-refractivity contribution < 1.29 is 4.79 Å². The van der Waals surface area contributed by atoms with Crippen LogP contribution in [-0.4, -0.2) is 27.5 Å². The van der Waals surface area contributed by atoms with Gasteiger partial charge in [0.2, 0.25) is 5.91 Å². The van der Waals surface area contributed by atoms with Crippen molar-refractivity contribution in [3.8, 4) is 0 Å². The predicted molar refractivity (Wildman–Crippen MR) is 106 cm³/mol. The van der Waals surface area contributed by atoms with Gasteiger partial charge in [0.25, 0.3) is 5.56 Å². The first kappa shape index (κ1) is 19.0. The molecular formula is C20H21ClN4O2. The zero-order valence-electron chi connectivity index (χ0n) is 15.3.